The van der Waals surface area contributed by atoms with E-state index in [0.29, 0.717) is 19.2 Å². The second-order valence-electron chi connectivity index (χ2n) is 4.89. The first-order chi connectivity index (χ1) is 9.63. The molecule has 5 nitrogen and oxygen atoms in total. The van der Waals surface area contributed by atoms with Gasteiger partial charge in [0.15, 0.2) is 5.75 Å². The van der Waals surface area contributed by atoms with Crippen LogP contribution < -0.4 is 15.2 Å². The molecule has 0 atom stereocenters. The first-order valence-electron chi connectivity index (χ1n) is 6.67. The third kappa shape index (κ3) is 3.30. The van der Waals surface area contributed by atoms with Gasteiger partial charge in [0.25, 0.3) is 0 Å². The minimum Gasteiger partial charge on any atom is -0.496 e. The van der Waals surface area contributed by atoms with Gasteiger partial charge in [0, 0.05) is 18.2 Å². The number of benzene rings is 1. The molecular formula is C15H21N3O2. The Kier molecular flexibility index (Phi) is 4.63. The van der Waals surface area contributed by atoms with Crippen molar-refractivity contribution < 1.29 is 9.47 Å². The number of methoxy groups -OCH3 is 1. The van der Waals surface area contributed by atoms with Gasteiger partial charge in [-0.2, -0.15) is 5.10 Å². The second kappa shape index (κ2) is 6.43. The lowest BCUT2D eigenvalue weighted by Crippen LogP contribution is -2.02. The van der Waals surface area contributed by atoms with Crippen LogP contribution in [-0.4, -0.2) is 16.9 Å². The van der Waals surface area contributed by atoms with Crippen LogP contribution in [0.1, 0.15) is 31.0 Å². The van der Waals surface area contributed by atoms with E-state index in [1.165, 1.54) is 0 Å². The molecule has 0 saturated heterocycles. The standard InChI is InChI=1S/C15H21N3O2/c1-11(2)18-9-14(8-17-18)20-10-13-6-12(7-16)4-5-15(13)19-3/h4-6,8-9,11H,7,10,16H2,1-3H3. The van der Waals surface area contributed by atoms with Crippen LogP contribution in [0.15, 0.2) is 30.6 Å². The molecule has 0 radical (unpaired) electrons. The zero-order chi connectivity index (χ0) is 14.5. The summed E-state index contributed by atoms with van der Waals surface area (Å²) in [6.45, 7) is 5.08. The Labute approximate surface area is 119 Å². The zero-order valence-corrected chi connectivity index (χ0v) is 12.2. The van der Waals surface area contributed by atoms with Gasteiger partial charge in [-0.3, -0.25) is 4.68 Å². The molecule has 0 spiro atoms. The summed E-state index contributed by atoms with van der Waals surface area (Å²) in [6, 6.07) is 6.20. The normalized spacial score (nSPS) is 10.8. The molecule has 0 amide bonds. The van der Waals surface area contributed by atoms with Crippen molar-refractivity contribution in [3.05, 3.63) is 41.7 Å². The van der Waals surface area contributed by atoms with Gasteiger partial charge >= 0.3 is 0 Å². The molecule has 5 heteroatoms. The number of ether oxygens (including phenoxy) is 2. The van der Waals surface area contributed by atoms with Crippen LogP contribution in [0.2, 0.25) is 0 Å². The number of aromatic nitrogens is 2. The lowest BCUT2D eigenvalue weighted by atomic mass is 10.1. The predicted octanol–water partition coefficient (Wildman–Crippen LogP) is 2.51. The van der Waals surface area contributed by atoms with Crippen LogP contribution in [0.5, 0.6) is 11.5 Å². The third-order valence-electron chi connectivity index (χ3n) is 3.08. The molecule has 2 rings (SSSR count). The number of hydrogen-bond donors (Lipinski definition) is 1. The lowest BCUT2D eigenvalue weighted by Gasteiger charge is -2.10. The van der Waals surface area contributed by atoms with Crippen LogP contribution in [0, 0.1) is 0 Å². The summed E-state index contributed by atoms with van der Waals surface area (Å²) >= 11 is 0. The van der Waals surface area contributed by atoms with Crippen molar-refractivity contribution in [3.8, 4) is 11.5 Å². The van der Waals surface area contributed by atoms with Gasteiger partial charge in [0.2, 0.25) is 0 Å². The average Bonchev–Trinajstić information content (AvgIpc) is 2.93. The molecule has 20 heavy (non-hydrogen) atoms. The molecule has 1 aromatic heterocycles. The van der Waals surface area contributed by atoms with Crippen molar-refractivity contribution in [1.29, 1.82) is 0 Å². The van der Waals surface area contributed by atoms with E-state index in [1.54, 1.807) is 13.3 Å². The fraction of sp³-hybridized carbons (Fsp3) is 0.400. The highest BCUT2D eigenvalue weighted by molar-refractivity contribution is 5.37. The van der Waals surface area contributed by atoms with Crippen LogP contribution in [0.4, 0.5) is 0 Å². The van der Waals surface area contributed by atoms with Crippen molar-refractivity contribution >= 4 is 0 Å². The summed E-state index contributed by atoms with van der Waals surface area (Å²) in [5.74, 6) is 1.55. The van der Waals surface area contributed by atoms with Crippen LogP contribution in [0.3, 0.4) is 0 Å². The van der Waals surface area contributed by atoms with Gasteiger partial charge in [-0.1, -0.05) is 6.07 Å². The molecule has 2 N–H and O–H groups in total. The van der Waals surface area contributed by atoms with Crippen LogP contribution in [-0.2, 0) is 13.2 Å². The van der Waals surface area contributed by atoms with Crippen molar-refractivity contribution in [1.82, 2.24) is 9.78 Å². The Morgan fingerprint density at radius 2 is 2.15 bits per heavy atom. The Balaban J connectivity index is 2.09. The first kappa shape index (κ1) is 14.4. The van der Waals surface area contributed by atoms with E-state index in [0.717, 1.165) is 22.6 Å². The minimum absolute atomic E-state index is 0.322. The zero-order valence-electron chi connectivity index (χ0n) is 12.2. The van der Waals surface area contributed by atoms with Crippen molar-refractivity contribution in [2.24, 2.45) is 5.73 Å². The molecule has 0 aliphatic rings. The van der Waals surface area contributed by atoms with Crippen LogP contribution >= 0.6 is 0 Å². The maximum atomic E-state index is 5.76. The highest BCUT2D eigenvalue weighted by atomic mass is 16.5. The number of hydrogen-bond acceptors (Lipinski definition) is 4. The summed E-state index contributed by atoms with van der Waals surface area (Å²) in [4.78, 5) is 0. The fourth-order valence-corrected chi connectivity index (χ4v) is 1.91. The molecule has 1 heterocycles. The number of nitrogens with two attached hydrogens (primary N) is 1. The summed E-state index contributed by atoms with van der Waals surface area (Å²) < 4.78 is 13.0. The SMILES string of the molecule is COc1ccc(CN)cc1COc1cnn(C(C)C)c1. The van der Waals surface area contributed by atoms with E-state index in [1.807, 2.05) is 29.1 Å². The van der Waals surface area contributed by atoms with E-state index in [4.69, 9.17) is 15.2 Å². The van der Waals surface area contributed by atoms with Crippen molar-refractivity contribution in [2.75, 3.05) is 7.11 Å². The minimum atomic E-state index is 0.322. The maximum Gasteiger partial charge on any atom is 0.157 e. The van der Waals surface area contributed by atoms with Crippen LogP contribution in [0.25, 0.3) is 0 Å². The van der Waals surface area contributed by atoms with Gasteiger partial charge in [0.1, 0.15) is 12.4 Å². The third-order valence-corrected chi connectivity index (χ3v) is 3.08. The molecule has 2 aromatic rings. The van der Waals surface area contributed by atoms with E-state index in [9.17, 15) is 0 Å². The molecule has 0 saturated carbocycles. The number of rotatable bonds is 6. The van der Waals surface area contributed by atoms with Crippen molar-refractivity contribution in [3.63, 3.8) is 0 Å². The summed E-state index contributed by atoms with van der Waals surface area (Å²) in [6.07, 6.45) is 3.61. The number of nitrogens with zero attached hydrogens (tertiary/aromatic N) is 2. The molecule has 0 aliphatic heterocycles. The quantitative estimate of drug-likeness (QED) is 0.880. The van der Waals surface area contributed by atoms with E-state index in [2.05, 4.69) is 18.9 Å². The Morgan fingerprint density at radius 1 is 1.35 bits per heavy atom. The Hall–Kier alpha value is -2.01. The molecule has 1 aromatic carbocycles. The smallest absolute Gasteiger partial charge is 0.157 e. The lowest BCUT2D eigenvalue weighted by molar-refractivity contribution is 0.296. The summed E-state index contributed by atoms with van der Waals surface area (Å²) in [7, 11) is 1.65. The van der Waals surface area contributed by atoms with Gasteiger partial charge < -0.3 is 15.2 Å². The second-order valence-corrected chi connectivity index (χ2v) is 4.89. The Morgan fingerprint density at radius 3 is 2.75 bits per heavy atom. The van der Waals surface area contributed by atoms with Gasteiger partial charge in [-0.05, 0) is 31.5 Å². The van der Waals surface area contributed by atoms with E-state index in [-0.39, 0.29) is 0 Å². The van der Waals surface area contributed by atoms with Crippen molar-refractivity contribution in [2.45, 2.75) is 33.0 Å². The Bertz CT molecular complexity index is 564. The highest BCUT2D eigenvalue weighted by Crippen LogP contribution is 2.22. The average molecular weight is 275 g/mol. The van der Waals surface area contributed by atoms with Gasteiger partial charge in [-0.25, -0.2) is 0 Å². The monoisotopic (exact) mass is 275 g/mol. The topological polar surface area (TPSA) is 62.3 Å². The van der Waals surface area contributed by atoms with Gasteiger partial charge in [-0.15, -0.1) is 0 Å². The molecule has 108 valence electrons. The van der Waals surface area contributed by atoms with E-state index < -0.39 is 0 Å². The summed E-state index contributed by atoms with van der Waals surface area (Å²) in [5, 5.41) is 4.24. The molecule has 0 aliphatic carbocycles. The maximum absolute atomic E-state index is 5.76. The largest absolute Gasteiger partial charge is 0.496 e. The molecule has 0 fully saturated rings. The summed E-state index contributed by atoms with van der Waals surface area (Å²) in [5.41, 5.74) is 7.70. The van der Waals surface area contributed by atoms with Gasteiger partial charge in [0.05, 0.1) is 19.5 Å². The molecule has 0 unspecified atom stereocenters. The molecule has 0 bridgehead atoms. The van der Waals surface area contributed by atoms with E-state index >= 15 is 0 Å². The predicted molar refractivity (Wildman–Crippen MR) is 77.8 cm³/mol. The fourth-order valence-electron chi connectivity index (χ4n) is 1.91. The molecular weight excluding hydrogens is 254 g/mol. The first-order valence-corrected chi connectivity index (χ1v) is 6.67. The highest BCUT2D eigenvalue weighted by Gasteiger charge is 2.07.